The van der Waals surface area contributed by atoms with Crippen molar-refractivity contribution in [1.82, 2.24) is 14.9 Å². The molecule has 6 heteroatoms. The molecule has 0 unspecified atom stereocenters. The summed E-state index contributed by atoms with van der Waals surface area (Å²) < 4.78 is 5.17. The van der Waals surface area contributed by atoms with Crippen LogP contribution in [0.3, 0.4) is 0 Å². The molecule has 1 N–H and O–H groups in total. The molecule has 6 nitrogen and oxygen atoms in total. The average molecular weight is 300 g/mol. The lowest BCUT2D eigenvalue weighted by Crippen LogP contribution is -2.31. The molecule has 0 fully saturated rings. The molecule has 1 aromatic carbocycles. The van der Waals surface area contributed by atoms with Gasteiger partial charge in [-0.05, 0) is 32.0 Å². The van der Waals surface area contributed by atoms with Gasteiger partial charge in [0.25, 0.3) is 5.91 Å². The molecule has 22 heavy (non-hydrogen) atoms. The number of benzene rings is 1. The molecule has 2 rings (SSSR count). The maximum atomic E-state index is 12.3. The van der Waals surface area contributed by atoms with Crippen LogP contribution in [0.5, 0.6) is 5.75 Å². The number of nitrogens with one attached hydrogen (secondary N) is 1. The van der Waals surface area contributed by atoms with Gasteiger partial charge in [0.2, 0.25) is 5.95 Å². The number of amides is 1. The molecular formula is C16H20N4O2. The molecule has 1 heterocycles. The van der Waals surface area contributed by atoms with Crippen LogP contribution in [-0.2, 0) is 0 Å². The zero-order valence-corrected chi connectivity index (χ0v) is 13.0. The first-order valence-corrected chi connectivity index (χ1v) is 7.21. The summed E-state index contributed by atoms with van der Waals surface area (Å²) in [6.45, 7) is 5.19. The second kappa shape index (κ2) is 7.40. The molecule has 0 aliphatic rings. The summed E-state index contributed by atoms with van der Waals surface area (Å²) in [5.74, 6) is 1.02. The first-order chi connectivity index (χ1) is 10.7. The van der Waals surface area contributed by atoms with Gasteiger partial charge in [0.15, 0.2) is 0 Å². The van der Waals surface area contributed by atoms with Crippen LogP contribution < -0.4 is 10.1 Å². The Morgan fingerprint density at radius 1 is 1.27 bits per heavy atom. The highest BCUT2D eigenvalue weighted by molar-refractivity contribution is 5.92. The van der Waals surface area contributed by atoms with E-state index in [1.807, 2.05) is 38.1 Å². The van der Waals surface area contributed by atoms with E-state index in [-0.39, 0.29) is 5.91 Å². The largest absolute Gasteiger partial charge is 0.497 e. The molecule has 0 radical (unpaired) electrons. The lowest BCUT2D eigenvalue weighted by atomic mass is 10.3. The summed E-state index contributed by atoms with van der Waals surface area (Å²) in [6, 6.07) is 9.06. The number of rotatable bonds is 6. The van der Waals surface area contributed by atoms with E-state index in [0.717, 1.165) is 11.4 Å². The quantitative estimate of drug-likeness (QED) is 0.888. The zero-order valence-electron chi connectivity index (χ0n) is 13.0. The number of methoxy groups -OCH3 is 1. The van der Waals surface area contributed by atoms with Crippen LogP contribution in [0.15, 0.2) is 36.5 Å². The van der Waals surface area contributed by atoms with Crippen molar-refractivity contribution in [2.75, 3.05) is 25.5 Å². The van der Waals surface area contributed by atoms with Crippen LogP contribution >= 0.6 is 0 Å². The van der Waals surface area contributed by atoms with E-state index in [9.17, 15) is 4.79 Å². The third kappa shape index (κ3) is 3.72. The van der Waals surface area contributed by atoms with Gasteiger partial charge in [-0.3, -0.25) is 4.79 Å². The second-order valence-electron chi connectivity index (χ2n) is 4.60. The molecule has 1 aromatic heterocycles. The van der Waals surface area contributed by atoms with E-state index in [4.69, 9.17) is 4.74 Å². The topological polar surface area (TPSA) is 67.4 Å². The summed E-state index contributed by atoms with van der Waals surface area (Å²) in [5.41, 5.74) is 1.18. The van der Waals surface area contributed by atoms with Crippen LogP contribution in [0, 0.1) is 0 Å². The first-order valence-electron chi connectivity index (χ1n) is 7.21. The van der Waals surface area contributed by atoms with Crippen LogP contribution in [-0.4, -0.2) is 41.0 Å². The Balaban J connectivity index is 2.19. The lowest BCUT2D eigenvalue weighted by Gasteiger charge is -2.18. The van der Waals surface area contributed by atoms with E-state index < -0.39 is 0 Å². The van der Waals surface area contributed by atoms with E-state index >= 15 is 0 Å². The Morgan fingerprint density at radius 2 is 2.05 bits per heavy atom. The highest BCUT2D eigenvalue weighted by atomic mass is 16.5. The molecule has 0 bridgehead atoms. The number of ether oxygens (including phenoxy) is 1. The minimum Gasteiger partial charge on any atom is -0.497 e. The number of carbonyl (C=O) groups is 1. The molecule has 0 saturated carbocycles. The highest BCUT2D eigenvalue weighted by Gasteiger charge is 2.14. The molecule has 0 aliphatic heterocycles. The maximum absolute atomic E-state index is 12.3. The van der Waals surface area contributed by atoms with Crippen LogP contribution in [0.4, 0.5) is 11.6 Å². The number of carbonyl (C=O) groups excluding carboxylic acids is 1. The molecule has 0 saturated heterocycles. The van der Waals surface area contributed by atoms with Crippen molar-refractivity contribution >= 4 is 17.5 Å². The highest BCUT2D eigenvalue weighted by Crippen LogP contribution is 2.19. The van der Waals surface area contributed by atoms with E-state index in [1.54, 1.807) is 24.3 Å². The molecule has 1 amide bonds. The van der Waals surface area contributed by atoms with E-state index in [0.29, 0.717) is 24.7 Å². The Labute approximate surface area is 130 Å². The van der Waals surface area contributed by atoms with Gasteiger partial charge in [0, 0.05) is 31.0 Å². The van der Waals surface area contributed by atoms with Gasteiger partial charge < -0.3 is 15.0 Å². The number of nitrogens with zero attached hydrogens (tertiary/aromatic N) is 3. The SMILES string of the molecule is CCN(CC)C(=O)c1ccnc(Nc2cccc(OC)c2)n1. The fraction of sp³-hybridized carbons (Fsp3) is 0.312. The minimum absolute atomic E-state index is 0.0962. The van der Waals surface area contributed by atoms with Crippen molar-refractivity contribution in [3.63, 3.8) is 0 Å². The Kier molecular flexibility index (Phi) is 5.30. The van der Waals surface area contributed by atoms with E-state index in [1.165, 1.54) is 0 Å². The second-order valence-corrected chi connectivity index (χ2v) is 4.60. The normalized spacial score (nSPS) is 10.1. The van der Waals surface area contributed by atoms with E-state index in [2.05, 4.69) is 15.3 Å². The molecule has 0 spiro atoms. The minimum atomic E-state index is -0.0962. The van der Waals surface area contributed by atoms with Gasteiger partial charge in [-0.25, -0.2) is 9.97 Å². The van der Waals surface area contributed by atoms with Gasteiger partial charge in [-0.1, -0.05) is 6.07 Å². The Bertz CT molecular complexity index is 642. The Hall–Kier alpha value is -2.63. The van der Waals surface area contributed by atoms with Crippen LogP contribution in [0.2, 0.25) is 0 Å². The van der Waals surface area contributed by atoms with Gasteiger partial charge >= 0.3 is 0 Å². The van der Waals surface area contributed by atoms with Crippen molar-refractivity contribution in [1.29, 1.82) is 0 Å². The lowest BCUT2D eigenvalue weighted by molar-refractivity contribution is 0.0767. The fourth-order valence-corrected chi connectivity index (χ4v) is 2.04. The standard InChI is InChI=1S/C16H20N4O2/c1-4-20(5-2)15(21)14-9-10-17-16(19-14)18-12-7-6-8-13(11-12)22-3/h6-11H,4-5H2,1-3H3,(H,17,18,19). The molecule has 116 valence electrons. The fourth-order valence-electron chi connectivity index (χ4n) is 2.04. The van der Waals surface area contributed by atoms with Gasteiger partial charge in [-0.2, -0.15) is 0 Å². The van der Waals surface area contributed by atoms with Gasteiger partial charge in [-0.15, -0.1) is 0 Å². The third-order valence-electron chi connectivity index (χ3n) is 3.25. The number of anilines is 2. The summed E-state index contributed by atoms with van der Waals surface area (Å²) in [7, 11) is 1.61. The van der Waals surface area contributed by atoms with Gasteiger partial charge in [0.05, 0.1) is 7.11 Å². The predicted octanol–water partition coefficient (Wildman–Crippen LogP) is 2.71. The maximum Gasteiger partial charge on any atom is 0.272 e. The van der Waals surface area contributed by atoms with Crippen molar-refractivity contribution < 1.29 is 9.53 Å². The van der Waals surface area contributed by atoms with Crippen molar-refractivity contribution in [3.05, 3.63) is 42.2 Å². The monoisotopic (exact) mass is 300 g/mol. The summed E-state index contributed by atoms with van der Waals surface area (Å²) in [6.07, 6.45) is 1.58. The zero-order chi connectivity index (χ0) is 15.9. The average Bonchev–Trinajstić information content (AvgIpc) is 2.56. The van der Waals surface area contributed by atoms with Crippen molar-refractivity contribution in [2.24, 2.45) is 0 Å². The van der Waals surface area contributed by atoms with Crippen molar-refractivity contribution in [3.8, 4) is 5.75 Å². The summed E-state index contributed by atoms with van der Waals surface area (Å²) in [4.78, 5) is 22.5. The van der Waals surface area contributed by atoms with Crippen LogP contribution in [0.25, 0.3) is 0 Å². The molecular weight excluding hydrogens is 280 g/mol. The summed E-state index contributed by atoms with van der Waals surface area (Å²) >= 11 is 0. The molecule has 0 aliphatic carbocycles. The molecule has 2 aromatic rings. The predicted molar refractivity (Wildman–Crippen MR) is 85.6 cm³/mol. The number of hydrogen-bond acceptors (Lipinski definition) is 5. The van der Waals surface area contributed by atoms with Crippen LogP contribution in [0.1, 0.15) is 24.3 Å². The number of aromatic nitrogens is 2. The number of hydrogen-bond donors (Lipinski definition) is 1. The summed E-state index contributed by atoms with van der Waals surface area (Å²) in [5, 5.41) is 3.08. The first kappa shape index (κ1) is 15.8. The third-order valence-corrected chi connectivity index (χ3v) is 3.25. The van der Waals surface area contributed by atoms with Gasteiger partial charge in [0.1, 0.15) is 11.4 Å². The molecule has 0 atom stereocenters. The van der Waals surface area contributed by atoms with Crippen molar-refractivity contribution in [2.45, 2.75) is 13.8 Å². The smallest absolute Gasteiger partial charge is 0.272 e. The Morgan fingerprint density at radius 3 is 2.73 bits per heavy atom.